The van der Waals surface area contributed by atoms with Crippen molar-refractivity contribution in [3.63, 3.8) is 0 Å². The molecule has 0 radical (unpaired) electrons. The van der Waals surface area contributed by atoms with Gasteiger partial charge < -0.3 is 5.73 Å². The lowest BCUT2D eigenvalue weighted by molar-refractivity contribution is -0.136. The molecule has 0 saturated carbocycles. The predicted octanol–water partition coefficient (Wildman–Crippen LogP) is -0.587. The van der Waals surface area contributed by atoms with Gasteiger partial charge in [0.15, 0.2) is 0 Å². The number of carbonyl (C=O) groups is 1. The van der Waals surface area contributed by atoms with E-state index < -0.39 is 0 Å². The van der Waals surface area contributed by atoms with E-state index in [4.69, 9.17) is 5.73 Å². The van der Waals surface area contributed by atoms with Gasteiger partial charge in [-0.25, -0.2) is 5.01 Å². The highest BCUT2D eigenvalue weighted by atomic mass is 16.2. The molecule has 1 fully saturated rings. The number of nitrogens with two attached hydrogens (primary N) is 1. The van der Waals surface area contributed by atoms with E-state index in [2.05, 4.69) is 0 Å². The molecule has 0 aromatic heterocycles. The van der Waals surface area contributed by atoms with Crippen LogP contribution in [0.5, 0.6) is 0 Å². The van der Waals surface area contributed by atoms with Crippen LogP contribution in [0.3, 0.4) is 0 Å². The Labute approximate surface area is 66.9 Å². The number of rotatable bonds is 2. The third kappa shape index (κ3) is 1.52. The van der Waals surface area contributed by atoms with Crippen molar-refractivity contribution in [3.8, 4) is 0 Å². The van der Waals surface area contributed by atoms with Crippen LogP contribution in [0.1, 0.15) is 13.3 Å². The lowest BCUT2D eigenvalue weighted by atomic mass is 10.2. The zero-order valence-electron chi connectivity index (χ0n) is 7.08. The highest BCUT2D eigenvalue weighted by Gasteiger charge is 2.30. The topological polar surface area (TPSA) is 49.6 Å². The molecule has 64 valence electrons. The number of hydrogen-bond donors (Lipinski definition) is 1. The van der Waals surface area contributed by atoms with Crippen molar-refractivity contribution in [2.75, 3.05) is 20.1 Å². The maximum absolute atomic E-state index is 11.2. The Bertz CT molecular complexity index is 160. The molecule has 4 nitrogen and oxygen atoms in total. The molecular weight excluding hydrogens is 142 g/mol. The molecule has 2 N–H and O–H groups in total. The molecule has 0 aliphatic carbocycles. The smallest absolute Gasteiger partial charge is 0.238 e. The van der Waals surface area contributed by atoms with Crippen LogP contribution in [-0.2, 0) is 4.79 Å². The highest BCUT2D eigenvalue weighted by molar-refractivity contribution is 5.78. The minimum absolute atomic E-state index is 0.186. The van der Waals surface area contributed by atoms with Crippen molar-refractivity contribution in [1.82, 2.24) is 10.0 Å². The number of amides is 1. The largest absolute Gasteiger partial charge is 0.329 e. The van der Waals surface area contributed by atoms with Crippen LogP contribution in [0, 0.1) is 0 Å². The maximum Gasteiger partial charge on any atom is 0.238 e. The normalized spacial score (nSPS) is 26.6. The average Bonchev–Trinajstić information content (AvgIpc) is 2.17. The van der Waals surface area contributed by atoms with Gasteiger partial charge in [0, 0.05) is 32.6 Å². The predicted molar refractivity (Wildman–Crippen MR) is 42.6 cm³/mol. The minimum atomic E-state index is 0.186. The molecule has 1 unspecified atom stereocenters. The van der Waals surface area contributed by atoms with Crippen molar-refractivity contribution in [2.24, 2.45) is 5.73 Å². The van der Waals surface area contributed by atoms with Crippen molar-refractivity contribution in [2.45, 2.75) is 19.4 Å². The van der Waals surface area contributed by atoms with E-state index in [0.717, 1.165) is 0 Å². The third-order valence-corrected chi connectivity index (χ3v) is 2.12. The van der Waals surface area contributed by atoms with Gasteiger partial charge in [0.05, 0.1) is 0 Å². The minimum Gasteiger partial charge on any atom is -0.329 e. The Morgan fingerprint density at radius 1 is 1.73 bits per heavy atom. The average molecular weight is 157 g/mol. The van der Waals surface area contributed by atoms with Gasteiger partial charge in [0.2, 0.25) is 5.91 Å². The molecule has 1 rings (SSSR count). The van der Waals surface area contributed by atoms with E-state index in [1.165, 1.54) is 0 Å². The van der Waals surface area contributed by atoms with Crippen molar-refractivity contribution < 1.29 is 4.79 Å². The first-order valence-corrected chi connectivity index (χ1v) is 3.90. The fraction of sp³-hybridized carbons (Fsp3) is 0.857. The van der Waals surface area contributed by atoms with Crippen molar-refractivity contribution >= 4 is 5.91 Å². The zero-order chi connectivity index (χ0) is 8.43. The monoisotopic (exact) mass is 157 g/mol. The van der Waals surface area contributed by atoms with Crippen LogP contribution in [0.15, 0.2) is 0 Å². The molecule has 0 aromatic rings. The van der Waals surface area contributed by atoms with Crippen LogP contribution in [0.2, 0.25) is 0 Å². The fourth-order valence-electron chi connectivity index (χ4n) is 1.31. The van der Waals surface area contributed by atoms with Gasteiger partial charge in [-0.05, 0) is 6.92 Å². The Balaban J connectivity index is 2.56. The molecule has 1 heterocycles. The van der Waals surface area contributed by atoms with E-state index >= 15 is 0 Å². The molecule has 1 aliphatic heterocycles. The van der Waals surface area contributed by atoms with Gasteiger partial charge in [0.1, 0.15) is 0 Å². The van der Waals surface area contributed by atoms with Gasteiger partial charge in [-0.2, -0.15) is 0 Å². The van der Waals surface area contributed by atoms with Crippen LogP contribution in [-0.4, -0.2) is 42.1 Å². The first kappa shape index (κ1) is 8.49. The Kier molecular flexibility index (Phi) is 2.46. The molecule has 1 amide bonds. The van der Waals surface area contributed by atoms with E-state index in [9.17, 15) is 4.79 Å². The van der Waals surface area contributed by atoms with Crippen molar-refractivity contribution in [3.05, 3.63) is 0 Å². The second kappa shape index (κ2) is 3.19. The third-order valence-electron chi connectivity index (χ3n) is 2.12. The summed E-state index contributed by atoms with van der Waals surface area (Å²) in [6, 6.07) is 0.328. The van der Waals surface area contributed by atoms with E-state index in [-0.39, 0.29) is 5.91 Å². The highest BCUT2D eigenvalue weighted by Crippen LogP contribution is 2.15. The molecule has 11 heavy (non-hydrogen) atoms. The first-order valence-electron chi connectivity index (χ1n) is 3.90. The van der Waals surface area contributed by atoms with Gasteiger partial charge in [0.25, 0.3) is 0 Å². The van der Waals surface area contributed by atoms with Crippen LogP contribution in [0.4, 0.5) is 0 Å². The summed E-state index contributed by atoms with van der Waals surface area (Å²) in [4.78, 5) is 11.2. The summed E-state index contributed by atoms with van der Waals surface area (Å²) < 4.78 is 0. The Hall–Kier alpha value is -0.610. The SMILES string of the molecule is CC1CC(=O)N(CCN)N1C. The molecule has 1 atom stereocenters. The molecule has 0 spiro atoms. The van der Waals surface area contributed by atoms with Gasteiger partial charge in [-0.3, -0.25) is 9.80 Å². The lowest BCUT2D eigenvalue weighted by Crippen LogP contribution is -2.41. The van der Waals surface area contributed by atoms with E-state index in [1.807, 2.05) is 19.0 Å². The molecule has 4 heteroatoms. The van der Waals surface area contributed by atoms with Crippen molar-refractivity contribution in [1.29, 1.82) is 0 Å². The van der Waals surface area contributed by atoms with Gasteiger partial charge >= 0.3 is 0 Å². The second-order valence-corrected chi connectivity index (χ2v) is 2.93. The molecule has 1 aliphatic rings. The van der Waals surface area contributed by atoms with E-state index in [0.29, 0.717) is 25.6 Å². The number of nitrogens with zero attached hydrogens (tertiary/aromatic N) is 2. The number of hydrazine groups is 1. The summed E-state index contributed by atoms with van der Waals surface area (Å²) >= 11 is 0. The van der Waals surface area contributed by atoms with Gasteiger partial charge in [-0.1, -0.05) is 0 Å². The summed E-state index contributed by atoms with van der Waals surface area (Å²) in [5, 5.41) is 3.67. The number of carbonyl (C=O) groups excluding carboxylic acids is 1. The summed E-state index contributed by atoms with van der Waals surface area (Å²) in [5.41, 5.74) is 5.36. The van der Waals surface area contributed by atoms with Crippen LogP contribution < -0.4 is 5.73 Å². The second-order valence-electron chi connectivity index (χ2n) is 2.93. The first-order chi connectivity index (χ1) is 5.16. The zero-order valence-corrected chi connectivity index (χ0v) is 7.08. The number of hydrogen-bond acceptors (Lipinski definition) is 3. The van der Waals surface area contributed by atoms with Gasteiger partial charge in [-0.15, -0.1) is 0 Å². The standard InChI is InChI=1S/C7H15N3O/c1-6-5-7(11)10(4-3-8)9(6)2/h6H,3-5,8H2,1-2H3. The lowest BCUT2D eigenvalue weighted by Gasteiger charge is -2.25. The summed E-state index contributed by atoms with van der Waals surface area (Å²) in [6.07, 6.45) is 0.622. The molecule has 0 bridgehead atoms. The Morgan fingerprint density at radius 3 is 2.73 bits per heavy atom. The fourth-order valence-corrected chi connectivity index (χ4v) is 1.31. The Morgan fingerprint density at radius 2 is 2.36 bits per heavy atom. The van der Waals surface area contributed by atoms with E-state index in [1.54, 1.807) is 5.01 Å². The maximum atomic E-state index is 11.2. The summed E-state index contributed by atoms with van der Waals surface area (Å²) in [7, 11) is 1.92. The van der Waals surface area contributed by atoms with Crippen LogP contribution >= 0.6 is 0 Å². The molecule has 0 aromatic carbocycles. The molecule has 1 saturated heterocycles. The molecular formula is C7H15N3O. The van der Waals surface area contributed by atoms with Crippen LogP contribution in [0.25, 0.3) is 0 Å². The summed E-state index contributed by atoms with van der Waals surface area (Å²) in [6.45, 7) is 3.21. The quantitative estimate of drug-likeness (QED) is 0.583. The summed E-state index contributed by atoms with van der Waals surface area (Å²) in [5.74, 6) is 0.186.